The number of hydrogen-bond acceptors (Lipinski definition) is 7. The molecule has 1 atom stereocenters. The van der Waals surface area contributed by atoms with Crippen LogP contribution in [-0.4, -0.2) is 59.2 Å². The van der Waals surface area contributed by atoms with Crippen molar-refractivity contribution in [3.63, 3.8) is 0 Å². The van der Waals surface area contributed by atoms with E-state index in [9.17, 15) is 9.18 Å². The zero-order valence-corrected chi connectivity index (χ0v) is 19.0. The van der Waals surface area contributed by atoms with Gasteiger partial charge in [0.15, 0.2) is 0 Å². The molecule has 1 amide bonds. The van der Waals surface area contributed by atoms with E-state index >= 15 is 0 Å². The summed E-state index contributed by atoms with van der Waals surface area (Å²) in [6.45, 7) is 5.87. The SMILES string of the molecule is C=CC(=O)N1CC(Nc2cc3c(Nc4ccc(F)c(Cl)c4)ncnc3cc2OC2CCOC2)C1. The third-order valence-electron chi connectivity index (χ3n) is 5.83. The lowest BCUT2D eigenvalue weighted by molar-refractivity contribution is -0.129. The minimum Gasteiger partial charge on any atom is -0.486 e. The summed E-state index contributed by atoms with van der Waals surface area (Å²) >= 11 is 5.93. The highest BCUT2D eigenvalue weighted by atomic mass is 35.5. The molecule has 2 saturated heterocycles. The summed E-state index contributed by atoms with van der Waals surface area (Å²) in [5, 5.41) is 7.44. The highest BCUT2D eigenvalue weighted by Gasteiger charge is 2.30. The molecule has 2 aliphatic rings. The molecule has 0 aliphatic carbocycles. The quantitative estimate of drug-likeness (QED) is 0.488. The first kappa shape index (κ1) is 22.4. The van der Waals surface area contributed by atoms with E-state index < -0.39 is 5.82 Å². The molecule has 2 aliphatic heterocycles. The number of halogens is 2. The van der Waals surface area contributed by atoms with Gasteiger partial charge in [0.1, 0.15) is 29.8 Å². The molecule has 2 N–H and O–H groups in total. The minimum atomic E-state index is -0.492. The van der Waals surface area contributed by atoms with Crippen LogP contribution < -0.4 is 15.4 Å². The molecule has 176 valence electrons. The summed E-state index contributed by atoms with van der Waals surface area (Å²) < 4.78 is 25.3. The Morgan fingerprint density at radius 3 is 2.88 bits per heavy atom. The number of benzene rings is 2. The molecule has 8 nitrogen and oxygen atoms in total. The summed E-state index contributed by atoms with van der Waals surface area (Å²) in [6, 6.07) is 8.24. The van der Waals surface area contributed by atoms with Crippen molar-refractivity contribution in [2.24, 2.45) is 0 Å². The van der Waals surface area contributed by atoms with Crippen LogP contribution in [0.3, 0.4) is 0 Å². The Labute approximate surface area is 200 Å². The van der Waals surface area contributed by atoms with Crippen molar-refractivity contribution in [3.8, 4) is 5.75 Å². The molecule has 0 spiro atoms. The number of rotatable bonds is 7. The van der Waals surface area contributed by atoms with E-state index in [-0.39, 0.29) is 23.1 Å². The summed E-state index contributed by atoms with van der Waals surface area (Å²) in [4.78, 5) is 22.3. The maximum atomic E-state index is 13.6. The normalized spacial score (nSPS) is 17.9. The first-order chi connectivity index (χ1) is 16.5. The Morgan fingerprint density at radius 1 is 1.29 bits per heavy atom. The lowest BCUT2D eigenvalue weighted by Crippen LogP contribution is -2.56. The second-order valence-corrected chi connectivity index (χ2v) is 8.64. The molecular weight excluding hydrogens is 461 g/mol. The molecule has 3 heterocycles. The van der Waals surface area contributed by atoms with Crippen LogP contribution in [0.4, 0.5) is 21.6 Å². The van der Waals surface area contributed by atoms with Gasteiger partial charge in [-0.15, -0.1) is 0 Å². The van der Waals surface area contributed by atoms with Gasteiger partial charge in [0.05, 0.1) is 35.5 Å². The predicted molar refractivity (Wildman–Crippen MR) is 128 cm³/mol. The number of ether oxygens (including phenoxy) is 2. The number of likely N-dealkylation sites (tertiary alicyclic amines) is 1. The Bertz CT molecular complexity index is 1240. The van der Waals surface area contributed by atoms with E-state index in [0.717, 1.165) is 17.5 Å². The molecule has 5 rings (SSSR count). The number of hydrogen-bond donors (Lipinski definition) is 2. The third kappa shape index (κ3) is 4.62. The van der Waals surface area contributed by atoms with Crippen LogP contribution in [0.5, 0.6) is 5.75 Å². The predicted octanol–water partition coefficient (Wildman–Crippen LogP) is 4.14. The second-order valence-electron chi connectivity index (χ2n) is 8.23. The monoisotopic (exact) mass is 483 g/mol. The molecule has 2 aromatic carbocycles. The third-order valence-corrected chi connectivity index (χ3v) is 6.12. The highest BCUT2D eigenvalue weighted by Crippen LogP contribution is 2.36. The van der Waals surface area contributed by atoms with Gasteiger partial charge in [0, 0.05) is 36.7 Å². The van der Waals surface area contributed by atoms with E-state index in [1.807, 2.05) is 12.1 Å². The van der Waals surface area contributed by atoms with Crippen molar-refractivity contribution in [2.45, 2.75) is 18.6 Å². The van der Waals surface area contributed by atoms with Crippen LogP contribution in [0.25, 0.3) is 10.9 Å². The summed E-state index contributed by atoms with van der Waals surface area (Å²) in [5.41, 5.74) is 2.05. The van der Waals surface area contributed by atoms with Crippen LogP contribution in [0.15, 0.2) is 49.3 Å². The van der Waals surface area contributed by atoms with Crippen molar-refractivity contribution in [1.82, 2.24) is 14.9 Å². The van der Waals surface area contributed by atoms with Crippen LogP contribution >= 0.6 is 11.6 Å². The molecule has 1 unspecified atom stereocenters. The molecule has 10 heteroatoms. The minimum absolute atomic E-state index is 0.0174. The lowest BCUT2D eigenvalue weighted by Gasteiger charge is -2.39. The highest BCUT2D eigenvalue weighted by molar-refractivity contribution is 6.31. The number of nitrogens with one attached hydrogen (secondary N) is 2. The van der Waals surface area contributed by atoms with E-state index in [1.54, 1.807) is 11.0 Å². The number of aromatic nitrogens is 2. The number of nitrogens with zero attached hydrogens (tertiary/aromatic N) is 3. The van der Waals surface area contributed by atoms with Gasteiger partial charge < -0.3 is 25.0 Å². The van der Waals surface area contributed by atoms with Gasteiger partial charge in [-0.05, 0) is 30.3 Å². The fourth-order valence-corrected chi connectivity index (χ4v) is 4.17. The summed E-state index contributed by atoms with van der Waals surface area (Å²) in [7, 11) is 0. The van der Waals surface area contributed by atoms with Crippen molar-refractivity contribution >= 4 is 45.6 Å². The van der Waals surface area contributed by atoms with E-state index in [1.165, 1.54) is 24.5 Å². The Balaban J connectivity index is 1.46. The van der Waals surface area contributed by atoms with Gasteiger partial charge in [0.2, 0.25) is 5.91 Å². The number of carbonyl (C=O) groups is 1. The van der Waals surface area contributed by atoms with E-state index in [0.29, 0.717) is 49.1 Å². The maximum absolute atomic E-state index is 13.6. The molecule has 3 aromatic rings. The van der Waals surface area contributed by atoms with Crippen molar-refractivity contribution in [3.05, 3.63) is 60.2 Å². The van der Waals surface area contributed by atoms with E-state index in [2.05, 4.69) is 27.2 Å². The molecule has 2 fully saturated rings. The topological polar surface area (TPSA) is 88.6 Å². The molecule has 0 radical (unpaired) electrons. The fourth-order valence-electron chi connectivity index (χ4n) is 3.99. The molecule has 1 aromatic heterocycles. The first-order valence-corrected chi connectivity index (χ1v) is 11.3. The van der Waals surface area contributed by atoms with Gasteiger partial charge in [0.25, 0.3) is 0 Å². The van der Waals surface area contributed by atoms with Crippen LogP contribution in [0.2, 0.25) is 5.02 Å². The van der Waals surface area contributed by atoms with Crippen molar-refractivity contribution < 1.29 is 18.7 Å². The zero-order chi connectivity index (χ0) is 23.7. The zero-order valence-electron chi connectivity index (χ0n) is 18.3. The van der Waals surface area contributed by atoms with Crippen molar-refractivity contribution in [1.29, 1.82) is 0 Å². The average molecular weight is 484 g/mol. The molecule has 0 bridgehead atoms. The fraction of sp³-hybridized carbons (Fsp3) is 0.292. The standard InChI is InChI=1S/C24H23ClFN5O3/c1-2-23(32)31-10-15(11-31)29-21-8-17-20(9-22(21)34-16-5-6-33-12-16)27-13-28-24(17)30-14-3-4-19(26)18(25)7-14/h2-4,7-9,13,15-16,29H,1,5-6,10-12H2,(H,27,28,30). The molecule has 34 heavy (non-hydrogen) atoms. The van der Waals surface area contributed by atoms with Gasteiger partial charge in [-0.1, -0.05) is 18.2 Å². The van der Waals surface area contributed by atoms with Gasteiger partial charge in [-0.2, -0.15) is 0 Å². The number of fused-ring (bicyclic) bond motifs is 1. The van der Waals surface area contributed by atoms with Gasteiger partial charge in [-0.3, -0.25) is 4.79 Å². The summed E-state index contributed by atoms with van der Waals surface area (Å²) in [6.07, 6.45) is 3.54. The molecule has 0 saturated carbocycles. The largest absolute Gasteiger partial charge is 0.486 e. The van der Waals surface area contributed by atoms with E-state index in [4.69, 9.17) is 21.1 Å². The first-order valence-electron chi connectivity index (χ1n) is 10.9. The van der Waals surface area contributed by atoms with Gasteiger partial charge >= 0.3 is 0 Å². The average Bonchev–Trinajstić information content (AvgIpc) is 3.31. The van der Waals surface area contributed by atoms with Crippen LogP contribution in [0, 0.1) is 5.82 Å². The maximum Gasteiger partial charge on any atom is 0.246 e. The van der Waals surface area contributed by atoms with Gasteiger partial charge in [-0.25, -0.2) is 14.4 Å². The Kier molecular flexibility index (Phi) is 6.21. The number of amides is 1. The Hall–Kier alpha value is -3.43. The smallest absolute Gasteiger partial charge is 0.246 e. The van der Waals surface area contributed by atoms with Crippen LogP contribution in [0.1, 0.15) is 6.42 Å². The van der Waals surface area contributed by atoms with Crippen LogP contribution in [-0.2, 0) is 9.53 Å². The number of anilines is 3. The lowest BCUT2D eigenvalue weighted by atomic mass is 10.1. The Morgan fingerprint density at radius 2 is 2.15 bits per heavy atom. The second kappa shape index (κ2) is 9.44. The number of carbonyl (C=O) groups excluding carboxylic acids is 1. The molecular formula is C24H23ClFN5O3. The van der Waals surface area contributed by atoms with Crippen molar-refractivity contribution in [2.75, 3.05) is 36.9 Å². The summed E-state index contributed by atoms with van der Waals surface area (Å²) in [5.74, 6) is 0.622.